The van der Waals surface area contributed by atoms with Crippen LogP contribution in [0.25, 0.3) is 0 Å². The molecule has 1 heterocycles. The van der Waals surface area contributed by atoms with E-state index in [-0.39, 0.29) is 5.69 Å². The number of aliphatic hydroxyl groups is 3. The summed E-state index contributed by atoms with van der Waals surface area (Å²) in [6.07, 6.45) is -2.51. The predicted octanol–water partition coefficient (Wildman–Crippen LogP) is -0.641. The van der Waals surface area contributed by atoms with Crippen molar-refractivity contribution in [1.82, 2.24) is 4.98 Å². The number of aliphatic hydroxyl groups excluding tert-OH is 3. The van der Waals surface area contributed by atoms with E-state index in [1.54, 1.807) is 19.1 Å². The summed E-state index contributed by atoms with van der Waals surface area (Å²) in [5.74, 6) is 0. The molecule has 1 aromatic heterocycles. The quantitative estimate of drug-likeness (QED) is 0.517. The molecule has 5 heteroatoms. The number of anilines is 1. The summed E-state index contributed by atoms with van der Waals surface area (Å²) in [5.41, 5.74) is 6.76. The maximum Gasteiger partial charge on any atom is 0.126 e. The molecule has 5 nitrogen and oxygen atoms in total. The molecule has 0 aliphatic carbocycles. The number of aryl methyl sites for hydroxylation is 1. The van der Waals surface area contributed by atoms with Crippen molar-refractivity contribution in [2.75, 3.05) is 12.3 Å². The fraction of sp³-hybridized carbons (Fsp3) is 0.444. The lowest BCUT2D eigenvalue weighted by Gasteiger charge is -2.16. The van der Waals surface area contributed by atoms with Crippen LogP contribution in [0.4, 0.5) is 5.69 Å². The van der Waals surface area contributed by atoms with Crippen LogP contribution in [0.3, 0.4) is 0 Å². The van der Waals surface area contributed by atoms with Gasteiger partial charge in [0.15, 0.2) is 0 Å². The van der Waals surface area contributed by atoms with Gasteiger partial charge in [0, 0.05) is 5.69 Å². The second-order valence-electron chi connectivity index (χ2n) is 3.12. The monoisotopic (exact) mass is 198 g/mol. The Balaban J connectivity index is 2.99. The maximum absolute atomic E-state index is 9.54. The molecular formula is C9H14N2O3. The van der Waals surface area contributed by atoms with E-state index in [1.807, 2.05) is 0 Å². The number of pyridine rings is 1. The predicted molar refractivity (Wildman–Crippen MR) is 51.4 cm³/mol. The molecule has 0 aromatic carbocycles. The van der Waals surface area contributed by atoms with Gasteiger partial charge >= 0.3 is 0 Å². The van der Waals surface area contributed by atoms with E-state index in [0.29, 0.717) is 11.4 Å². The summed E-state index contributed by atoms with van der Waals surface area (Å²) in [6, 6.07) is 3.31. The van der Waals surface area contributed by atoms with E-state index in [4.69, 9.17) is 10.8 Å². The molecular weight excluding hydrogens is 184 g/mol. The van der Waals surface area contributed by atoms with Crippen LogP contribution in [-0.2, 0) is 0 Å². The highest BCUT2D eigenvalue weighted by atomic mass is 16.4. The Morgan fingerprint density at radius 2 is 2.07 bits per heavy atom. The van der Waals surface area contributed by atoms with E-state index in [2.05, 4.69) is 4.98 Å². The van der Waals surface area contributed by atoms with E-state index >= 15 is 0 Å². The Kier molecular flexibility index (Phi) is 3.40. The van der Waals surface area contributed by atoms with Crippen LogP contribution in [-0.4, -0.2) is 33.0 Å². The van der Waals surface area contributed by atoms with Crippen LogP contribution in [0.2, 0.25) is 0 Å². The Bertz CT molecular complexity index is 317. The van der Waals surface area contributed by atoms with Gasteiger partial charge in [-0.1, -0.05) is 0 Å². The third-order valence-corrected chi connectivity index (χ3v) is 1.93. The summed E-state index contributed by atoms with van der Waals surface area (Å²) in [4.78, 5) is 4.00. The smallest absolute Gasteiger partial charge is 0.126 e. The molecule has 0 saturated heterocycles. The molecule has 0 aliphatic heterocycles. The zero-order valence-electron chi connectivity index (χ0n) is 7.88. The van der Waals surface area contributed by atoms with Gasteiger partial charge in [-0.15, -0.1) is 0 Å². The van der Waals surface area contributed by atoms with Gasteiger partial charge in [-0.25, -0.2) is 0 Å². The van der Waals surface area contributed by atoms with Gasteiger partial charge in [0.25, 0.3) is 0 Å². The first-order valence-electron chi connectivity index (χ1n) is 4.26. The summed E-state index contributed by atoms with van der Waals surface area (Å²) in [7, 11) is 0. The maximum atomic E-state index is 9.54. The summed E-state index contributed by atoms with van der Waals surface area (Å²) >= 11 is 0. The van der Waals surface area contributed by atoms with Crippen molar-refractivity contribution < 1.29 is 15.3 Å². The minimum Gasteiger partial charge on any atom is -0.397 e. The largest absolute Gasteiger partial charge is 0.397 e. The van der Waals surface area contributed by atoms with Crippen LogP contribution in [0.1, 0.15) is 17.5 Å². The third-order valence-electron chi connectivity index (χ3n) is 1.93. The van der Waals surface area contributed by atoms with Crippen molar-refractivity contribution in [2.24, 2.45) is 0 Å². The summed E-state index contributed by atoms with van der Waals surface area (Å²) in [5, 5.41) is 27.4. The minimum absolute atomic E-state index is 0.201. The topological polar surface area (TPSA) is 99.6 Å². The lowest BCUT2D eigenvalue weighted by molar-refractivity contribution is -0.0169. The Morgan fingerprint density at radius 1 is 1.43 bits per heavy atom. The number of nitrogens with zero attached hydrogens (tertiary/aromatic N) is 1. The summed E-state index contributed by atoms with van der Waals surface area (Å²) < 4.78 is 0. The van der Waals surface area contributed by atoms with Crippen LogP contribution >= 0.6 is 0 Å². The fourth-order valence-electron chi connectivity index (χ4n) is 1.11. The number of hydrogen-bond donors (Lipinski definition) is 4. The van der Waals surface area contributed by atoms with Crippen LogP contribution in [0, 0.1) is 6.92 Å². The molecule has 0 bridgehead atoms. The molecule has 78 valence electrons. The standard InChI is InChI=1S/C9H14N2O3/c1-5-2-3-6(10)8(11-5)9(14)7(13)4-12/h2-3,7,9,12-14H,4,10H2,1H3. The van der Waals surface area contributed by atoms with Crippen molar-refractivity contribution in [1.29, 1.82) is 0 Å². The molecule has 0 amide bonds. The molecule has 1 rings (SSSR count). The van der Waals surface area contributed by atoms with Gasteiger partial charge in [0.2, 0.25) is 0 Å². The second-order valence-corrected chi connectivity index (χ2v) is 3.12. The lowest BCUT2D eigenvalue weighted by Crippen LogP contribution is -2.24. The highest BCUT2D eigenvalue weighted by molar-refractivity contribution is 5.44. The second kappa shape index (κ2) is 4.36. The molecule has 0 aliphatic rings. The molecule has 2 atom stereocenters. The zero-order chi connectivity index (χ0) is 10.7. The molecule has 2 unspecified atom stereocenters. The molecule has 0 saturated carbocycles. The Labute approximate surface area is 81.8 Å². The van der Waals surface area contributed by atoms with Crippen molar-refractivity contribution in [3.05, 3.63) is 23.5 Å². The van der Waals surface area contributed by atoms with Gasteiger partial charge in [-0.2, -0.15) is 0 Å². The van der Waals surface area contributed by atoms with E-state index in [0.717, 1.165) is 0 Å². The fourth-order valence-corrected chi connectivity index (χ4v) is 1.11. The van der Waals surface area contributed by atoms with Crippen molar-refractivity contribution in [3.8, 4) is 0 Å². The lowest BCUT2D eigenvalue weighted by atomic mass is 10.1. The van der Waals surface area contributed by atoms with Crippen LogP contribution in [0.5, 0.6) is 0 Å². The van der Waals surface area contributed by atoms with Crippen molar-refractivity contribution in [3.63, 3.8) is 0 Å². The normalized spacial score (nSPS) is 15.1. The van der Waals surface area contributed by atoms with E-state index in [1.165, 1.54) is 0 Å². The molecule has 1 aromatic rings. The first-order valence-corrected chi connectivity index (χ1v) is 4.26. The summed E-state index contributed by atoms with van der Waals surface area (Å²) in [6.45, 7) is 1.22. The van der Waals surface area contributed by atoms with Crippen molar-refractivity contribution in [2.45, 2.75) is 19.1 Å². The number of nitrogens with two attached hydrogens (primary N) is 1. The number of rotatable bonds is 3. The minimum atomic E-state index is -1.26. The van der Waals surface area contributed by atoms with Gasteiger partial charge in [0.05, 0.1) is 18.0 Å². The highest BCUT2D eigenvalue weighted by Gasteiger charge is 2.21. The third kappa shape index (κ3) is 2.20. The van der Waals surface area contributed by atoms with Gasteiger partial charge in [-0.05, 0) is 19.1 Å². The van der Waals surface area contributed by atoms with Gasteiger partial charge < -0.3 is 21.1 Å². The average Bonchev–Trinajstić information content (AvgIpc) is 2.19. The molecule has 0 radical (unpaired) electrons. The zero-order valence-corrected chi connectivity index (χ0v) is 7.88. The Hall–Kier alpha value is -1.17. The first kappa shape index (κ1) is 10.9. The van der Waals surface area contributed by atoms with E-state index in [9.17, 15) is 10.2 Å². The number of aromatic nitrogens is 1. The molecule has 5 N–H and O–H groups in total. The van der Waals surface area contributed by atoms with Gasteiger partial charge in [0.1, 0.15) is 12.2 Å². The number of hydrogen-bond acceptors (Lipinski definition) is 5. The number of nitrogen functional groups attached to an aromatic ring is 1. The van der Waals surface area contributed by atoms with Gasteiger partial charge in [-0.3, -0.25) is 4.98 Å². The average molecular weight is 198 g/mol. The van der Waals surface area contributed by atoms with E-state index < -0.39 is 18.8 Å². The highest BCUT2D eigenvalue weighted by Crippen LogP contribution is 2.21. The molecule has 0 spiro atoms. The van der Waals surface area contributed by atoms with Crippen LogP contribution in [0.15, 0.2) is 12.1 Å². The van der Waals surface area contributed by atoms with Crippen LogP contribution < -0.4 is 5.73 Å². The Morgan fingerprint density at radius 3 is 2.64 bits per heavy atom. The molecule has 14 heavy (non-hydrogen) atoms. The van der Waals surface area contributed by atoms with Crippen molar-refractivity contribution >= 4 is 5.69 Å². The first-order chi connectivity index (χ1) is 6.56. The SMILES string of the molecule is Cc1ccc(N)c(C(O)C(O)CO)n1. The molecule has 0 fully saturated rings.